The van der Waals surface area contributed by atoms with E-state index in [1.807, 2.05) is 0 Å². The van der Waals surface area contributed by atoms with Crippen LogP contribution >= 0.6 is 0 Å². The van der Waals surface area contributed by atoms with Gasteiger partial charge in [-0.2, -0.15) is 0 Å². The molecule has 1 heterocycles. The van der Waals surface area contributed by atoms with Crippen molar-refractivity contribution in [2.45, 2.75) is 44.7 Å². The number of carbonyl (C=O) groups excluding carboxylic acids is 1. The van der Waals surface area contributed by atoms with E-state index in [-0.39, 0.29) is 11.8 Å². The molecule has 0 aromatic heterocycles. The minimum absolute atomic E-state index is 0.0989. The topological polar surface area (TPSA) is 32.3 Å². The van der Waals surface area contributed by atoms with Crippen molar-refractivity contribution < 1.29 is 13.6 Å². The first-order chi connectivity index (χ1) is 10.6. The quantitative estimate of drug-likeness (QED) is 0.927. The highest BCUT2D eigenvalue weighted by Gasteiger charge is 2.28. The van der Waals surface area contributed by atoms with Crippen LogP contribution in [-0.2, 0) is 11.3 Å². The molecule has 0 spiro atoms. The molecule has 0 unspecified atom stereocenters. The third kappa shape index (κ3) is 3.64. The maximum absolute atomic E-state index is 13.2. The molecule has 120 valence electrons. The number of likely N-dealkylation sites (tertiary alicyclic amines) is 1. The van der Waals surface area contributed by atoms with Gasteiger partial charge in [0.05, 0.1) is 0 Å². The molecular formula is C17H22F2N2O. The Morgan fingerprint density at radius 2 is 1.86 bits per heavy atom. The van der Waals surface area contributed by atoms with Gasteiger partial charge in [0.2, 0.25) is 5.91 Å². The van der Waals surface area contributed by atoms with Crippen LogP contribution in [0.3, 0.4) is 0 Å². The highest BCUT2D eigenvalue weighted by Crippen LogP contribution is 2.23. The normalized spacial score (nSPS) is 20.6. The molecule has 0 radical (unpaired) electrons. The second-order valence-electron chi connectivity index (χ2n) is 6.44. The van der Waals surface area contributed by atoms with E-state index < -0.39 is 11.6 Å². The molecule has 1 aliphatic carbocycles. The lowest BCUT2D eigenvalue weighted by molar-refractivity contribution is -0.127. The summed E-state index contributed by atoms with van der Waals surface area (Å²) in [7, 11) is 0. The summed E-state index contributed by atoms with van der Waals surface area (Å²) in [5.74, 6) is -1.32. The molecule has 1 aromatic carbocycles. The Morgan fingerprint density at radius 1 is 1.14 bits per heavy atom. The molecule has 0 atom stereocenters. The Kier molecular flexibility index (Phi) is 4.71. The first kappa shape index (κ1) is 15.4. The number of nitrogens with zero attached hydrogens (tertiary/aromatic N) is 1. The Balaban J connectivity index is 1.46. The molecule has 2 aliphatic rings. The van der Waals surface area contributed by atoms with Crippen LogP contribution in [0.1, 0.15) is 37.7 Å². The van der Waals surface area contributed by atoms with Crippen molar-refractivity contribution in [1.82, 2.24) is 10.2 Å². The minimum atomic E-state index is -0.810. The van der Waals surface area contributed by atoms with E-state index in [4.69, 9.17) is 0 Å². The van der Waals surface area contributed by atoms with Crippen LogP contribution in [0.25, 0.3) is 0 Å². The standard InChI is InChI=1S/C17H22F2N2O/c18-15-5-4-12(10-16(15)19)11-21-8-6-13(7-9-21)17(22)20-14-2-1-3-14/h4-5,10,13-14H,1-3,6-9,11H2,(H,20,22). The molecular weight excluding hydrogens is 286 g/mol. The number of carbonyl (C=O) groups is 1. The molecule has 1 saturated heterocycles. The fraction of sp³-hybridized carbons (Fsp3) is 0.588. The van der Waals surface area contributed by atoms with Crippen LogP contribution in [0.5, 0.6) is 0 Å². The Bertz CT molecular complexity index is 537. The number of rotatable bonds is 4. The van der Waals surface area contributed by atoms with Crippen LogP contribution in [0.2, 0.25) is 0 Å². The summed E-state index contributed by atoms with van der Waals surface area (Å²) in [5, 5.41) is 3.12. The fourth-order valence-electron chi connectivity index (χ4n) is 3.12. The number of nitrogens with one attached hydrogen (secondary N) is 1. The highest BCUT2D eigenvalue weighted by atomic mass is 19.2. The Hall–Kier alpha value is -1.49. The zero-order valence-corrected chi connectivity index (χ0v) is 12.7. The SMILES string of the molecule is O=C(NC1CCC1)C1CCN(Cc2ccc(F)c(F)c2)CC1. The van der Waals surface area contributed by atoms with Crippen molar-refractivity contribution in [1.29, 1.82) is 0 Å². The van der Waals surface area contributed by atoms with Gasteiger partial charge in [-0.3, -0.25) is 9.69 Å². The first-order valence-electron chi connectivity index (χ1n) is 8.08. The average molecular weight is 308 g/mol. The summed E-state index contributed by atoms with van der Waals surface area (Å²) in [4.78, 5) is 14.3. The number of hydrogen-bond acceptors (Lipinski definition) is 2. The zero-order chi connectivity index (χ0) is 15.5. The van der Waals surface area contributed by atoms with E-state index in [0.717, 1.165) is 44.3 Å². The molecule has 1 aromatic rings. The van der Waals surface area contributed by atoms with Crippen molar-refractivity contribution in [2.75, 3.05) is 13.1 Å². The largest absolute Gasteiger partial charge is 0.353 e. The van der Waals surface area contributed by atoms with Crippen LogP contribution in [0, 0.1) is 17.6 Å². The molecule has 22 heavy (non-hydrogen) atoms. The molecule has 1 amide bonds. The summed E-state index contributed by atoms with van der Waals surface area (Å²) < 4.78 is 26.1. The smallest absolute Gasteiger partial charge is 0.223 e. The van der Waals surface area contributed by atoms with E-state index in [1.165, 1.54) is 18.6 Å². The Morgan fingerprint density at radius 3 is 2.45 bits per heavy atom. The van der Waals surface area contributed by atoms with Crippen molar-refractivity contribution in [2.24, 2.45) is 5.92 Å². The molecule has 1 saturated carbocycles. The van der Waals surface area contributed by atoms with E-state index >= 15 is 0 Å². The number of benzene rings is 1. The number of piperidine rings is 1. The third-order valence-electron chi connectivity index (χ3n) is 4.80. The second-order valence-corrected chi connectivity index (χ2v) is 6.44. The van der Waals surface area contributed by atoms with Gasteiger partial charge >= 0.3 is 0 Å². The van der Waals surface area contributed by atoms with E-state index in [0.29, 0.717) is 12.6 Å². The maximum atomic E-state index is 13.2. The lowest BCUT2D eigenvalue weighted by Crippen LogP contribution is -2.45. The predicted octanol–water partition coefficient (Wildman–Crippen LogP) is 2.85. The van der Waals surface area contributed by atoms with Crippen LogP contribution in [0.15, 0.2) is 18.2 Å². The molecule has 2 fully saturated rings. The van der Waals surface area contributed by atoms with E-state index in [9.17, 15) is 13.6 Å². The molecule has 3 nitrogen and oxygen atoms in total. The van der Waals surface area contributed by atoms with Gasteiger partial charge < -0.3 is 5.32 Å². The summed E-state index contributed by atoms with van der Waals surface area (Å²) >= 11 is 0. The summed E-state index contributed by atoms with van der Waals surface area (Å²) in [6, 6.07) is 4.44. The predicted molar refractivity (Wildman–Crippen MR) is 80.1 cm³/mol. The van der Waals surface area contributed by atoms with E-state index in [2.05, 4.69) is 10.2 Å². The zero-order valence-electron chi connectivity index (χ0n) is 12.7. The van der Waals surface area contributed by atoms with Crippen LogP contribution in [0.4, 0.5) is 8.78 Å². The van der Waals surface area contributed by atoms with Crippen molar-refractivity contribution in [3.8, 4) is 0 Å². The minimum Gasteiger partial charge on any atom is -0.353 e. The number of halogens is 2. The lowest BCUT2D eigenvalue weighted by atomic mass is 9.90. The van der Waals surface area contributed by atoms with Crippen LogP contribution < -0.4 is 5.32 Å². The number of amides is 1. The molecule has 1 N–H and O–H groups in total. The van der Waals surface area contributed by atoms with Gasteiger partial charge in [0.15, 0.2) is 11.6 Å². The van der Waals surface area contributed by atoms with E-state index in [1.54, 1.807) is 6.07 Å². The summed E-state index contributed by atoms with van der Waals surface area (Å²) in [6.45, 7) is 2.25. The van der Waals surface area contributed by atoms with Crippen molar-refractivity contribution in [3.05, 3.63) is 35.4 Å². The summed E-state index contributed by atoms with van der Waals surface area (Å²) in [5.41, 5.74) is 0.774. The Labute approximate surface area is 129 Å². The monoisotopic (exact) mass is 308 g/mol. The summed E-state index contributed by atoms with van der Waals surface area (Å²) in [6.07, 6.45) is 5.11. The highest BCUT2D eigenvalue weighted by molar-refractivity contribution is 5.79. The molecule has 0 bridgehead atoms. The lowest BCUT2D eigenvalue weighted by Gasteiger charge is -2.33. The van der Waals surface area contributed by atoms with Gasteiger partial charge in [-0.1, -0.05) is 6.07 Å². The van der Waals surface area contributed by atoms with Crippen molar-refractivity contribution in [3.63, 3.8) is 0 Å². The van der Waals surface area contributed by atoms with Gasteiger partial charge in [0.25, 0.3) is 0 Å². The van der Waals surface area contributed by atoms with Gasteiger partial charge in [0.1, 0.15) is 0 Å². The number of hydrogen-bond donors (Lipinski definition) is 1. The van der Waals surface area contributed by atoms with Gasteiger partial charge in [-0.25, -0.2) is 8.78 Å². The molecule has 1 aliphatic heterocycles. The van der Waals surface area contributed by atoms with Crippen LogP contribution in [-0.4, -0.2) is 29.9 Å². The maximum Gasteiger partial charge on any atom is 0.223 e. The van der Waals surface area contributed by atoms with Gasteiger partial charge in [-0.05, 0) is 62.9 Å². The first-order valence-corrected chi connectivity index (χ1v) is 8.08. The molecule has 5 heteroatoms. The average Bonchev–Trinajstić information content (AvgIpc) is 2.47. The fourth-order valence-corrected chi connectivity index (χ4v) is 3.12. The second kappa shape index (κ2) is 6.73. The van der Waals surface area contributed by atoms with Gasteiger partial charge in [0, 0.05) is 18.5 Å². The van der Waals surface area contributed by atoms with Gasteiger partial charge in [-0.15, -0.1) is 0 Å². The van der Waals surface area contributed by atoms with Crippen molar-refractivity contribution >= 4 is 5.91 Å². The molecule has 3 rings (SSSR count). The third-order valence-corrected chi connectivity index (χ3v) is 4.80.